The average Bonchev–Trinajstić information content (AvgIpc) is 4.01. The van der Waals surface area contributed by atoms with Crippen molar-refractivity contribution in [1.29, 1.82) is 0 Å². The number of aromatic amines is 1. The van der Waals surface area contributed by atoms with Crippen molar-refractivity contribution in [1.82, 2.24) is 24.5 Å². The number of hydrogen-bond acceptors (Lipinski definition) is 10. The molecule has 4 saturated heterocycles. The number of aryl methyl sites for hydroxylation is 1. The molecule has 2 aromatic heterocycles. The highest BCUT2D eigenvalue weighted by Crippen LogP contribution is 2.33. The van der Waals surface area contributed by atoms with Crippen molar-refractivity contribution < 1.29 is 40.8 Å². The highest BCUT2D eigenvalue weighted by atomic mass is 32.2. The summed E-state index contributed by atoms with van der Waals surface area (Å²) < 4.78 is 73.2. The molecule has 18 heteroatoms. The number of ketones is 2. The summed E-state index contributed by atoms with van der Waals surface area (Å²) in [5, 5.41) is 2.78. The van der Waals surface area contributed by atoms with Crippen molar-refractivity contribution in [2.75, 3.05) is 73.4 Å². The molecule has 0 bridgehead atoms. The molecule has 4 aliphatic heterocycles. The van der Waals surface area contributed by atoms with Crippen LogP contribution in [0.3, 0.4) is 0 Å². The van der Waals surface area contributed by atoms with Gasteiger partial charge in [0.05, 0.1) is 11.3 Å². The summed E-state index contributed by atoms with van der Waals surface area (Å²) in [7, 11) is -4.36. The Kier molecular flexibility index (Phi) is 14.5. The van der Waals surface area contributed by atoms with E-state index in [1.807, 2.05) is 29.0 Å². The van der Waals surface area contributed by atoms with Gasteiger partial charge in [0.2, 0.25) is 17.6 Å². The summed E-state index contributed by atoms with van der Waals surface area (Å²) in [6, 6.07) is 17.5. The lowest BCUT2D eigenvalue weighted by Gasteiger charge is -2.37. The Hall–Kier alpha value is -6.37. The molecule has 70 heavy (non-hydrogen) atoms. The second-order valence-corrected chi connectivity index (χ2v) is 20.5. The molecule has 0 aliphatic carbocycles. The van der Waals surface area contributed by atoms with Crippen LogP contribution >= 0.6 is 0 Å². The van der Waals surface area contributed by atoms with Crippen LogP contribution in [0.2, 0.25) is 0 Å². The van der Waals surface area contributed by atoms with Crippen LogP contribution in [-0.4, -0.2) is 116 Å². The first-order chi connectivity index (χ1) is 33.7. The molecule has 368 valence electrons. The minimum Gasteiger partial charge on any atom is -0.372 e. The molecule has 1 unspecified atom stereocenters. The summed E-state index contributed by atoms with van der Waals surface area (Å²) in [5.74, 6) is -3.73. The lowest BCUT2D eigenvalue weighted by molar-refractivity contribution is -0.136. The number of amides is 2. The molecule has 5 aromatic rings. The quantitative estimate of drug-likeness (QED) is 0.0479. The molecule has 4 aliphatic rings. The SMILES string of the molecule is C=CC(=O)c1ccc(N2CCC(CCCN3CCN(c4ccc(-c5cnc6[nH]cc(C(=O)c7c(F)ccc(NS(=O)(=O)N8CC[C@@H](F)C8)c7F)c6c5)cc4)CC3)CC2)cc1CCC1CCC(=O)NC1=O. The number of halogens is 3. The minimum absolute atomic E-state index is 0.00436. The molecule has 4 fully saturated rings. The smallest absolute Gasteiger partial charge is 0.301 e. The molecule has 0 saturated carbocycles. The molecule has 14 nitrogen and oxygen atoms in total. The maximum Gasteiger partial charge on any atom is 0.301 e. The number of nitrogens with one attached hydrogen (secondary N) is 3. The van der Waals surface area contributed by atoms with E-state index < -0.39 is 45.0 Å². The molecular formula is C52H57F3N8O6S. The Morgan fingerprint density at radius 1 is 0.843 bits per heavy atom. The number of benzene rings is 3. The van der Waals surface area contributed by atoms with Crippen molar-refractivity contribution >= 4 is 61.7 Å². The highest BCUT2D eigenvalue weighted by Gasteiger charge is 2.34. The first-order valence-electron chi connectivity index (χ1n) is 24.1. The second-order valence-electron chi connectivity index (χ2n) is 18.8. The monoisotopic (exact) mass is 978 g/mol. The fraction of sp³-hybridized carbons (Fsp3) is 0.404. The molecule has 0 radical (unpaired) electrons. The summed E-state index contributed by atoms with van der Waals surface area (Å²) in [6.07, 6.45) is 9.49. The molecule has 9 rings (SSSR count). The highest BCUT2D eigenvalue weighted by molar-refractivity contribution is 7.90. The van der Waals surface area contributed by atoms with Crippen LogP contribution in [0.25, 0.3) is 22.2 Å². The van der Waals surface area contributed by atoms with Gasteiger partial charge >= 0.3 is 10.2 Å². The topological polar surface area (TPSA) is 168 Å². The first kappa shape index (κ1) is 48.6. The average molecular weight is 979 g/mol. The number of carbonyl (C=O) groups excluding carboxylic acids is 4. The van der Waals surface area contributed by atoms with Gasteiger partial charge in [-0.15, -0.1) is 0 Å². The zero-order valence-electron chi connectivity index (χ0n) is 38.9. The van der Waals surface area contributed by atoms with Crippen molar-refractivity contribution in [2.24, 2.45) is 11.8 Å². The van der Waals surface area contributed by atoms with E-state index in [-0.39, 0.29) is 48.6 Å². The van der Waals surface area contributed by atoms with Crippen LogP contribution in [0.5, 0.6) is 0 Å². The van der Waals surface area contributed by atoms with Crippen LogP contribution in [0.4, 0.5) is 30.2 Å². The predicted molar refractivity (Wildman–Crippen MR) is 263 cm³/mol. The zero-order chi connectivity index (χ0) is 49.1. The van der Waals surface area contributed by atoms with E-state index in [0.717, 1.165) is 104 Å². The van der Waals surface area contributed by atoms with Crippen molar-refractivity contribution in [2.45, 2.75) is 64.0 Å². The van der Waals surface area contributed by atoms with E-state index in [4.69, 9.17) is 0 Å². The number of nitrogens with zero attached hydrogens (tertiary/aromatic N) is 5. The number of anilines is 3. The van der Waals surface area contributed by atoms with E-state index in [1.54, 1.807) is 12.3 Å². The van der Waals surface area contributed by atoms with Crippen LogP contribution < -0.4 is 19.8 Å². The van der Waals surface area contributed by atoms with E-state index in [2.05, 4.69) is 54.8 Å². The van der Waals surface area contributed by atoms with Gasteiger partial charge < -0.3 is 14.8 Å². The number of pyridine rings is 1. The third-order valence-corrected chi connectivity index (χ3v) is 15.9. The number of fused-ring (bicyclic) bond motifs is 1. The maximum atomic E-state index is 15.8. The number of allylic oxidation sites excluding steroid dienone is 1. The Morgan fingerprint density at radius 3 is 2.30 bits per heavy atom. The normalized spacial score (nSPS) is 19.7. The van der Waals surface area contributed by atoms with Crippen molar-refractivity contribution in [3.05, 3.63) is 120 Å². The maximum absolute atomic E-state index is 15.8. The molecule has 2 amide bonds. The molecular weight excluding hydrogens is 922 g/mol. The predicted octanol–water partition coefficient (Wildman–Crippen LogP) is 7.61. The Bertz CT molecular complexity index is 2910. The van der Waals surface area contributed by atoms with Crippen LogP contribution in [0, 0.1) is 23.5 Å². The number of rotatable bonds is 17. The Labute approximate surface area is 405 Å². The minimum atomic E-state index is -4.36. The summed E-state index contributed by atoms with van der Waals surface area (Å²) in [4.78, 5) is 65.1. The Morgan fingerprint density at radius 2 is 1.59 bits per heavy atom. The van der Waals surface area contributed by atoms with E-state index in [0.29, 0.717) is 53.8 Å². The first-order valence-corrected chi connectivity index (χ1v) is 25.6. The van der Waals surface area contributed by atoms with E-state index >= 15 is 8.78 Å². The van der Waals surface area contributed by atoms with Crippen LogP contribution in [0.15, 0.2) is 85.7 Å². The fourth-order valence-corrected chi connectivity index (χ4v) is 11.6. The van der Waals surface area contributed by atoms with Gasteiger partial charge in [-0.2, -0.15) is 12.7 Å². The number of piperazine rings is 1. The zero-order valence-corrected chi connectivity index (χ0v) is 39.7. The van der Waals surface area contributed by atoms with E-state index in [1.165, 1.54) is 18.7 Å². The standard InChI is InChI=1S/C52H57F3N8O6S/c1-2-46(64)41-13-12-40(28-36(41)6-5-35-9-16-47(65)58-52(35)67)61-21-17-33(18-22-61)4-3-20-60-24-26-62(27-25-60)39-10-7-34(8-11-39)37-29-42-43(31-57-51(42)56-30-37)50(66)48-44(54)14-15-45(49(48)55)59-70(68,69)63-23-19-38(53)32-63/h2,7-8,10-15,28-31,33,35,38,59H,1,3-6,9,16-27,32H2,(H,56,57)(H,58,65,67)/t35?,38-/m1/s1. The largest absolute Gasteiger partial charge is 0.372 e. The van der Waals surface area contributed by atoms with Gasteiger partial charge in [-0.3, -0.25) is 34.1 Å². The van der Waals surface area contributed by atoms with Crippen LogP contribution in [-0.2, 0) is 26.2 Å². The van der Waals surface area contributed by atoms with Gasteiger partial charge in [0.15, 0.2) is 11.6 Å². The summed E-state index contributed by atoms with van der Waals surface area (Å²) in [5.41, 5.74) is 3.95. The number of alkyl halides is 1. The number of hydrogen-bond donors (Lipinski definition) is 3. The Balaban J connectivity index is 0.748. The van der Waals surface area contributed by atoms with Gasteiger partial charge in [0.1, 0.15) is 17.6 Å². The van der Waals surface area contributed by atoms with Gasteiger partial charge in [-0.25, -0.2) is 18.2 Å². The van der Waals surface area contributed by atoms with Gasteiger partial charge in [-0.05, 0) is 130 Å². The third-order valence-electron chi connectivity index (χ3n) is 14.4. The molecule has 0 spiro atoms. The molecule has 2 atom stereocenters. The van der Waals surface area contributed by atoms with Gasteiger partial charge in [0, 0.05) is 111 Å². The van der Waals surface area contributed by atoms with Crippen LogP contribution in [0.1, 0.15) is 83.2 Å². The van der Waals surface area contributed by atoms with Gasteiger partial charge in [0.25, 0.3) is 0 Å². The number of carbonyl (C=O) groups is 4. The van der Waals surface area contributed by atoms with Gasteiger partial charge in [-0.1, -0.05) is 18.7 Å². The fourth-order valence-electron chi connectivity index (χ4n) is 10.3. The lowest BCUT2D eigenvalue weighted by atomic mass is 9.89. The number of imide groups is 1. The number of H-pyrrole nitrogens is 1. The van der Waals surface area contributed by atoms with Crippen molar-refractivity contribution in [3.8, 4) is 11.1 Å². The summed E-state index contributed by atoms with van der Waals surface area (Å²) in [6.45, 7) is 9.82. The number of aromatic nitrogens is 2. The lowest BCUT2D eigenvalue weighted by Crippen LogP contribution is -2.46. The molecule has 3 aromatic carbocycles. The second kappa shape index (κ2) is 20.9. The van der Waals surface area contributed by atoms with E-state index in [9.17, 15) is 32.0 Å². The number of piperidine rings is 2. The summed E-state index contributed by atoms with van der Waals surface area (Å²) >= 11 is 0. The third kappa shape index (κ3) is 10.7. The van der Waals surface area contributed by atoms with Crippen molar-refractivity contribution in [3.63, 3.8) is 0 Å². The molecule has 6 heterocycles. The molecule has 3 N–H and O–H groups in total.